The summed E-state index contributed by atoms with van der Waals surface area (Å²) in [7, 11) is 0. The molecule has 2 aromatic rings. The summed E-state index contributed by atoms with van der Waals surface area (Å²) in [5.41, 5.74) is 4.88. The van der Waals surface area contributed by atoms with Crippen LogP contribution < -0.4 is 10.6 Å². The Morgan fingerprint density at radius 1 is 1.05 bits per heavy atom. The van der Waals surface area contributed by atoms with Gasteiger partial charge in [0, 0.05) is 11.7 Å². The maximum atomic E-state index is 11.8. The Bertz CT molecular complexity index is 655. The van der Waals surface area contributed by atoms with Crippen molar-refractivity contribution in [3.8, 4) is 0 Å². The van der Waals surface area contributed by atoms with Gasteiger partial charge in [-0.3, -0.25) is 4.79 Å². The molecule has 0 aliphatic heterocycles. The standard InChI is InChI=1S/C17H22N4O/c1-10(2)20-17(22)14-8-19-15(9-18-14)21-16-12(4)6-11(3)7-13(16)5/h6-10H,1-5H3,(H,19,21)(H,20,22). The van der Waals surface area contributed by atoms with Crippen LogP contribution >= 0.6 is 0 Å². The quantitative estimate of drug-likeness (QED) is 0.909. The van der Waals surface area contributed by atoms with E-state index in [1.54, 1.807) is 6.20 Å². The molecule has 0 fully saturated rings. The van der Waals surface area contributed by atoms with Gasteiger partial charge in [-0.15, -0.1) is 0 Å². The summed E-state index contributed by atoms with van der Waals surface area (Å²) in [6.45, 7) is 10.0. The second kappa shape index (κ2) is 6.56. The fourth-order valence-electron chi connectivity index (χ4n) is 2.35. The van der Waals surface area contributed by atoms with E-state index >= 15 is 0 Å². The van der Waals surface area contributed by atoms with Gasteiger partial charge in [-0.2, -0.15) is 0 Å². The molecule has 1 heterocycles. The highest BCUT2D eigenvalue weighted by molar-refractivity contribution is 5.92. The van der Waals surface area contributed by atoms with Crippen molar-refractivity contribution in [3.05, 3.63) is 46.9 Å². The van der Waals surface area contributed by atoms with Crippen molar-refractivity contribution in [3.63, 3.8) is 0 Å². The van der Waals surface area contributed by atoms with Gasteiger partial charge in [0.05, 0.1) is 12.4 Å². The Kier molecular flexibility index (Phi) is 4.75. The smallest absolute Gasteiger partial charge is 0.271 e. The number of hydrogen-bond acceptors (Lipinski definition) is 4. The molecule has 116 valence electrons. The maximum absolute atomic E-state index is 11.8. The van der Waals surface area contributed by atoms with Gasteiger partial charge in [-0.05, 0) is 45.7 Å². The highest BCUT2D eigenvalue weighted by atomic mass is 16.1. The molecule has 0 spiro atoms. The van der Waals surface area contributed by atoms with E-state index in [0.29, 0.717) is 11.5 Å². The molecule has 1 amide bonds. The van der Waals surface area contributed by atoms with E-state index in [-0.39, 0.29) is 11.9 Å². The number of aromatic nitrogens is 2. The van der Waals surface area contributed by atoms with Crippen LogP contribution in [-0.2, 0) is 0 Å². The summed E-state index contributed by atoms with van der Waals surface area (Å²) in [5.74, 6) is 0.410. The van der Waals surface area contributed by atoms with E-state index in [1.807, 2.05) is 13.8 Å². The molecule has 1 aromatic carbocycles. The molecule has 0 saturated heterocycles. The summed E-state index contributed by atoms with van der Waals surface area (Å²) in [6, 6.07) is 4.31. The fourth-order valence-corrected chi connectivity index (χ4v) is 2.35. The van der Waals surface area contributed by atoms with Crippen LogP contribution in [0.2, 0.25) is 0 Å². The van der Waals surface area contributed by atoms with Gasteiger partial charge in [-0.25, -0.2) is 9.97 Å². The van der Waals surface area contributed by atoms with Crippen molar-refractivity contribution in [1.29, 1.82) is 0 Å². The van der Waals surface area contributed by atoms with E-state index < -0.39 is 0 Å². The molecule has 0 radical (unpaired) electrons. The zero-order valence-corrected chi connectivity index (χ0v) is 13.7. The van der Waals surface area contributed by atoms with Crippen LogP contribution in [0.15, 0.2) is 24.5 Å². The zero-order valence-electron chi connectivity index (χ0n) is 13.7. The van der Waals surface area contributed by atoms with Crippen LogP contribution in [0.4, 0.5) is 11.5 Å². The summed E-state index contributed by atoms with van der Waals surface area (Å²) >= 11 is 0. The van der Waals surface area contributed by atoms with Crippen molar-refractivity contribution in [2.75, 3.05) is 5.32 Å². The Hall–Kier alpha value is -2.43. The Morgan fingerprint density at radius 3 is 2.18 bits per heavy atom. The van der Waals surface area contributed by atoms with Crippen LogP contribution in [0.3, 0.4) is 0 Å². The summed E-state index contributed by atoms with van der Waals surface area (Å²) in [4.78, 5) is 20.3. The Labute approximate surface area is 131 Å². The molecule has 0 aliphatic rings. The first-order valence-electron chi connectivity index (χ1n) is 7.34. The third-order valence-corrected chi connectivity index (χ3v) is 3.23. The highest BCUT2D eigenvalue weighted by Gasteiger charge is 2.10. The van der Waals surface area contributed by atoms with Gasteiger partial charge in [0.25, 0.3) is 5.91 Å². The molecule has 22 heavy (non-hydrogen) atoms. The number of nitrogens with zero attached hydrogens (tertiary/aromatic N) is 2. The van der Waals surface area contributed by atoms with E-state index in [0.717, 1.165) is 16.8 Å². The number of hydrogen-bond donors (Lipinski definition) is 2. The first-order valence-corrected chi connectivity index (χ1v) is 7.34. The largest absolute Gasteiger partial charge is 0.348 e. The van der Waals surface area contributed by atoms with Crippen molar-refractivity contribution in [1.82, 2.24) is 15.3 Å². The molecule has 2 N–H and O–H groups in total. The number of rotatable bonds is 4. The lowest BCUT2D eigenvalue weighted by Gasteiger charge is -2.13. The number of benzene rings is 1. The molecule has 5 heteroatoms. The van der Waals surface area contributed by atoms with E-state index in [1.165, 1.54) is 11.8 Å². The minimum absolute atomic E-state index is 0.0740. The zero-order chi connectivity index (χ0) is 16.3. The monoisotopic (exact) mass is 298 g/mol. The molecule has 1 aromatic heterocycles. The van der Waals surface area contributed by atoms with Crippen LogP contribution in [0.1, 0.15) is 41.0 Å². The number of carbonyl (C=O) groups excluding carboxylic acids is 1. The van der Waals surface area contributed by atoms with E-state index in [9.17, 15) is 4.79 Å². The normalized spacial score (nSPS) is 10.6. The minimum atomic E-state index is -0.211. The average Bonchev–Trinajstić information content (AvgIpc) is 2.42. The van der Waals surface area contributed by atoms with Crippen LogP contribution in [0.25, 0.3) is 0 Å². The molecule has 0 saturated carbocycles. The van der Waals surface area contributed by atoms with Crippen LogP contribution in [0.5, 0.6) is 0 Å². The van der Waals surface area contributed by atoms with Gasteiger partial charge in [0.15, 0.2) is 0 Å². The number of amides is 1. The van der Waals surface area contributed by atoms with Crippen molar-refractivity contribution in [2.24, 2.45) is 0 Å². The number of carbonyl (C=O) groups is 1. The van der Waals surface area contributed by atoms with E-state index in [2.05, 4.69) is 53.5 Å². The molecule has 0 bridgehead atoms. The van der Waals surface area contributed by atoms with Crippen molar-refractivity contribution < 1.29 is 4.79 Å². The number of aryl methyl sites for hydroxylation is 3. The first-order chi connectivity index (χ1) is 10.4. The van der Waals surface area contributed by atoms with Gasteiger partial charge < -0.3 is 10.6 Å². The lowest BCUT2D eigenvalue weighted by atomic mass is 10.1. The van der Waals surface area contributed by atoms with Crippen LogP contribution in [0, 0.1) is 20.8 Å². The Morgan fingerprint density at radius 2 is 1.68 bits per heavy atom. The molecule has 2 rings (SSSR count). The number of anilines is 2. The average molecular weight is 298 g/mol. The second-order valence-corrected chi connectivity index (χ2v) is 5.81. The molecular weight excluding hydrogens is 276 g/mol. The predicted octanol–water partition coefficient (Wildman–Crippen LogP) is 3.28. The molecule has 0 atom stereocenters. The summed E-state index contributed by atoms with van der Waals surface area (Å²) in [5, 5.41) is 6.06. The highest BCUT2D eigenvalue weighted by Crippen LogP contribution is 2.24. The van der Waals surface area contributed by atoms with Crippen molar-refractivity contribution in [2.45, 2.75) is 40.7 Å². The van der Waals surface area contributed by atoms with Crippen molar-refractivity contribution >= 4 is 17.4 Å². The predicted molar refractivity (Wildman–Crippen MR) is 88.6 cm³/mol. The first kappa shape index (κ1) is 15.9. The van der Waals surface area contributed by atoms with Gasteiger partial charge in [-0.1, -0.05) is 17.7 Å². The van der Waals surface area contributed by atoms with Gasteiger partial charge in [0.2, 0.25) is 0 Å². The van der Waals surface area contributed by atoms with E-state index in [4.69, 9.17) is 0 Å². The molecule has 0 unspecified atom stereocenters. The van der Waals surface area contributed by atoms with Crippen LogP contribution in [-0.4, -0.2) is 21.9 Å². The lowest BCUT2D eigenvalue weighted by molar-refractivity contribution is 0.0937. The maximum Gasteiger partial charge on any atom is 0.271 e. The Balaban J connectivity index is 2.17. The minimum Gasteiger partial charge on any atom is -0.348 e. The van der Waals surface area contributed by atoms with Gasteiger partial charge in [0.1, 0.15) is 11.5 Å². The van der Waals surface area contributed by atoms with Gasteiger partial charge >= 0.3 is 0 Å². The fraction of sp³-hybridized carbons (Fsp3) is 0.353. The summed E-state index contributed by atoms with van der Waals surface area (Å²) < 4.78 is 0. The third-order valence-electron chi connectivity index (χ3n) is 3.23. The topological polar surface area (TPSA) is 66.9 Å². The third kappa shape index (κ3) is 3.81. The summed E-state index contributed by atoms with van der Waals surface area (Å²) in [6.07, 6.45) is 3.06. The SMILES string of the molecule is Cc1cc(C)c(Nc2cnc(C(=O)NC(C)C)cn2)c(C)c1. The second-order valence-electron chi connectivity index (χ2n) is 5.81. The molecule has 5 nitrogen and oxygen atoms in total. The number of nitrogens with one attached hydrogen (secondary N) is 2. The molecular formula is C17H22N4O. The molecule has 0 aliphatic carbocycles. The lowest BCUT2D eigenvalue weighted by Crippen LogP contribution is -2.30.